The van der Waals surface area contributed by atoms with E-state index in [2.05, 4.69) is 25.5 Å². The van der Waals surface area contributed by atoms with Gasteiger partial charge in [0.1, 0.15) is 5.76 Å². The van der Waals surface area contributed by atoms with Crippen molar-refractivity contribution < 1.29 is 4.42 Å². The minimum absolute atomic E-state index is 0.710. The molecule has 1 saturated heterocycles. The van der Waals surface area contributed by atoms with Gasteiger partial charge in [-0.25, -0.2) is 4.98 Å². The van der Waals surface area contributed by atoms with E-state index in [0.717, 1.165) is 61.9 Å². The normalized spacial score (nSPS) is 20.0. The fourth-order valence-electron chi connectivity index (χ4n) is 4.50. The van der Waals surface area contributed by atoms with Crippen LogP contribution in [0.3, 0.4) is 0 Å². The zero-order chi connectivity index (χ0) is 19.8. The first kappa shape index (κ1) is 21.2. The first-order chi connectivity index (χ1) is 13.6. The molecule has 1 aromatic heterocycles. The first-order valence-electron chi connectivity index (χ1n) is 11.2. The van der Waals surface area contributed by atoms with Crippen LogP contribution < -0.4 is 10.6 Å². The summed E-state index contributed by atoms with van der Waals surface area (Å²) in [5.41, 5.74) is 1.01. The van der Waals surface area contributed by atoms with Gasteiger partial charge in [0.2, 0.25) is 5.89 Å². The smallest absolute Gasteiger partial charge is 0.208 e. The average Bonchev–Trinajstić information content (AvgIpc) is 3.32. The van der Waals surface area contributed by atoms with Crippen molar-refractivity contribution in [2.45, 2.75) is 71.8 Å². The predicted molar refractivity (Wildman–Crippen MR) is 115 cm³/mol. The van der Waals surface area contributed by atoms with E-state index in [4.69, 9.17) is 4.42 Å². The molecule has 2 aliphatic rings. The van der Waals surface area contributed by atoms with Crippen LogP contribution in [0.4, 0.5) is 0 Å². The number of guanidine groups is 1. The number of nitrogens with one attached hydrogen (secondary N) is 2. The molecule has 1 aromatic rings. The predicted octanol–water partition coefficient (Wildman–Crippen LogP) is 3.64. The van der Waals surface area contributed by atoms with Crippen LogP contribution in [0.5, 0.6) is 0 Å². The van der Waals surface area contributed by atoms with Crippen LogP contribution in [0.15, 0.2) is 9.41 Å². The second kappa shape index (κ2) is 10.8. The highest BCUT2D eigenvalue weighted by molar-refractivity contribution is 5.79. The van der Waals surface area contributed by atoms with Gasteiger partial charge in [0, 0.05) is 20.1 Å². The topological polar surface area (TPSA) is 65.7 Å². The molecule has 2 heterocycles. The summed E-state index contributed by atoms with van der Waals surface area (Å²) in [5.74, 6) is 4.44. The molecule has 6 nitrogen and oxygen atoms in total. The summed E-state index contributed by atoms with van der Waals surface area (Å²) in [7, 11) is 1.87. The van der Waals surface area contributed by atoms with Crippen molar-refractivity contribution in [1.82, 2.24) is 20.5 Å². The Morgan fingerprint density at radius 3 is 2.50 bits per heavy atom. The van der Waals surface area contributed by atoms with Crippen LogP contribution in [0.2, 0.25) is 0 Å². The number of aryl methyl sites for hydroxylation is 2. The summed E-state index contributed by atoms with van der Waals surface area (Å²) in [4.78, 5) is 11.4. The molecule has 0 radical (unpaired) electrons. The number of oxazole rings is 1. The standard InChI is InChI=1S/C22H39N5O/c1-17-18(2)28-21(26-17)16-27-13-10-20(11-14-27)15-25-22(23-3)24-12-6-9-19-7-4-5-8-19/h19-20H,4-16H2,1-3H3,(H2,23,24,25). The second-order valence-corrected chi connectivity index (χ2v) is 8.64. The Bertz CT molecular complexity index is 593. The van der Waals surface area contributed by atoms with E-state index in [9.17, 15) is 0 Å². The van der Waals surface area contributed by atoms with Crippen molar-refractivity contribution in [3.8, 4) is 0 Å². The van der Waals surface area contributed by atoms with E-state index in [1.807, 2.05) is 20.9 Å². The molecule has 0 aromatic carbocycles. The Morgan fingerprint density at radius 2 is 1.86 bits per heavy atom. The van der Waals surface area contributed by atoms with Crippen LogP contribution in [0.1, 0.15) is 68.7 Å². The van der Waals surface area contributed by atoms with Gasteiger partial charge in [-0.3, -0.25) is 9.89 Å². The summed E-state index contributed by atoms with van der Waals surface area (Å²) in [6.45, 7) is 9.09. The molecule has 1 aliphatic heterocycles. The van der Waals surface area contributed by atoms with Crippen molar-refractivity contribution in [1.29, 1.82) is 0 Å². The van der Waals surface area contributed by atoms with Gasteiger partial charge < -0.3 is 15.1 Å². The summed E-state index contributed by atoms with van der Waals surface area (Å²) < 4.78 is 5.73. The summed E-state index contributed by atoms with van der Waals surface area (Å²) in [6.07, 6.45) is 10.8. The van der Waals surface area contributed by atoms with Crippen LogP contribution in [-0.2, 0) is 6.54 Å². The molecular formula is C22H39N5O. The molecular weight excluding hydrogens is 350 g/mol. The molecule has 3 rings (SSSR count). The zero-order valence-corrected chi connectivity index (χ0v) is 18.1. The summed E-state index contributed by atoms with van der Waals surface area (Å²) in [6, 6.07) is 0. The average molecular weight is 390 g/mol. The molecule has 0 atom stereocenters. The molecule has 158 valence electrons. The van der Waals surface area contributed by atoms with Crippen LogP contribution >= 0.6 is 0 Å². The van der Waals surface area contributed by atoms with Crippen molar-refractivity contribution in [3.05, 3.63) is 17.3 Å². The van der Waals surface area contributed by atoms with E-state index in [-0.39, 0.29) is 0 Å². The van der Waals surface area contributed by atoms with Crippen LogP contribution in [0.25, 0.3) is 0 Å². The molecule has 1 saturated carbocycles. The Hall–Kier alpha value is -1.56. The second-order valence-electron chi connectivity index (χ2n) is 8.64. The lowest BCUT2D eigenvalue weighted by molar-refractivity contribution is 0.164. The van der Waals surface area contributed by atoms with E-state index < -0.39 is 0 Å². The van der Waals surface area contributed by atoms with Gasteiger partial charge in [-0.05, 0) is 64.5 Å². The number of rotatable bonds is 8. The third-order valence-electron chi connectivity index (χ3n) is 6.48. The lowest BCUT2D eigenvalue weighted by atomic mass is 9.97. The first-order valence-corrected chi connectivity index (χ1v) is 11.2. The Labute approximate surface area is 170 Å². The minimum Gasteiger partial charge on any atom is -0.444 e. The number of likely N-dealkylation sites (tertiary alicyclic amines) is 1. The molecule has 0 bridgehead atoms. The molecule has 0 amide bonds. The van der Waals surface area contributed by atoms with Crippen molar-refractivity contribution in [2.24, 2.45) is 16.8 Å². The van der Waals surface area contributed by atoms with Gasteiger partial charge in [-0.2, -0.15) is 0 Å². The Kier molecular flexibility index (Phi) is 8.19. The summed E-state index contributed by atoms with van der Waals surface area (Å²) in [5, 5.41) is 7.02. The van der Waals surface area contributed by atoms with Gasteiger partial charge in [0.05, 0.1) is 12.2 Å². The van der Waals surface area contributed by atoms with E-state index >= 15 is 0 Å². The number of hydrogen-bond donors (Lipinski definition) is 2. The third kappa shape index (κ3) is 6.50. The number of hydrogen-bond acceptors (Lipinski definition) is 4. The molecule has 28 heavy (non-hydrogen) atoms. The van der Waals surface area contributed by atoms with E-state index in [1.165, 1.54) is 51.4 Å². The lowest BCUT2D eigenvalue weighted by Gasteiger charge is -2.31. The van der Waals surface area contributed by atoms with Crippen molar-refractivity contribution in [3.63, 3.8) is 0 Å². The Morgan fingerprint density at radius 1 is 1.11 bits per heavy atom. The number of aromatic nitrogens is 1. The zero-order valence-electron chi connectivity index (χ0n) is 18.1. The molecule has 6 heteroatoms. The maximum atomic E-state index is 5.73. The SMILES string of the molecule is CN=C(NCCCC1CCCC1)NCC1CCN(Cc2nc(C)c(C)o2)CC1. The number of aliphatic imine (C=N–C) groups is 1. The van der Waals surface area contributed by atoms with Gasteiger partial charge >= 0.3 is 0 Å². The number of nitrogens with zero attached hydrogens (tertiary/aromatic N) is 3. The monoisotopic (exact) mass is 389 g/mol. The lowest BCUT2D eigenvalue weighted by Crippen LogP contribution is -2.43. The highest BCUT2D eigenvalue weighted by Gasteiger charge is 2.21. The maximum absolute atomic E-state index is 5.73. The fraction of sp³-hybridized carbons (Fsp3) is 0.818. The van der Waals surface area contributed by atoms with Gasteiger partial charge in [0.15, 0.2) is 5.96 Å². The van der Waals surface area contributed by atoms with Gasteiger partial charge in [0.25, 0.3) is 0 Å². The molecule has 2 fully saturated rings. The number of piperidine rings is 1. The highest BCUT2D eigenvalue weighted by Crippen LogP contribution is 2.28. The molecule has 2 N–H and O–H groups in total. The molecule has 0 unspecified atom stereocenters. The van der Waals surface area contributed by atoms with Crippen LogP contribution in [-0.4, -0.2) is 49.1 Å². The third-order valence-corrected chi connectivity index (χ3v) is 6.48. The largest absolute Gasteiger partial charge is 0.444 e. The quantitative estimate of drug-likeness (QED) is 0.404. The molecule has 0 spiro atoms. The van der Waals surface area contributed by atoms with Gasteiger partial charge in [-0.1, -0.05) is 25.7 Å². The van der Waals surface area contributed by atoms with Crippen molar-refractivity contribution in [2.75, 3.05) is 33.2 Å². The van der Waals surface area contributed by atoms with Crippen LogP contribution in [0, 0.1) is 25.7 Å². The highest BCUT2D eigenvalue weighted by atomic mass is 16.4. The summed E-state index contributed by atoms with van der Waals surface area (Å²) >= 11 is 0. The van der Waals surface area contributed by atoms with Crippen molar-refractivity contribution >= 4 is 5.96 Å². The molecule has 1 aliphatic carbocycles. The van der Waals surface area contributed by atoms with E-state index in [0.29, 0.717) is 5.92 Å². The minimum atomic E-state index is 0.710. The van der Waals surface area contributed by atoms with Gasteiger partial charge in [-0.15, -0.1) is 0 Å². The Balaban J connectivity index is 1.28. The maximum Gasteiger partial charge on any atom is 0.208 e. The van der Waals surface area contributed by atoms with E-state index in [1.54, 1.807) is 0 Å². The fourth-order valence-corrected chi connectivity index (χ4v) is 4.50.